The standard InChI is InChI=1S/C13H15Cl2FN2O2/c1-6(8-3-11(16)10(15)4-9(8)14)18-13(20)12-2-7(19)5-17-12/h3-4,6-7,12,17,19H,2,5H2,1H3,(H,18,20)/t6-,7+,12-/m0/s1. The molecule has 0 aromatic heterocycles. The maximum atomic E-state index is 13.5. The molecule has 0 unspecified atom stereocenters. The van der Waals surface area contributed by atoms with Crippen molar-refractivity contribution in [2.24, 2.45) is 0 Å². The van der Waals surface area contributed by atoms with Gasteiger partial charge in [0, 0.05) is 11.6 Å². The predicted molar refractivity (Wildman–Crippen MR) is 75.4 cm³/mol. The summed E-state index contributed by atoms with van der Waals surface area (Å²) in [6.45, 7) is 2.10. The van der Waals surface area contributed by atoms with Crippen LogP contribution in [0.5, 0.6) is 0 Å². The molecule has 0 radical (unpaired) electrons. The van der Waals surface area contributed by atoms with Crippen LogP contribution in [0.2, 0.25) is 10.0 Å². The molecule has 3 N–H and O–H groups in total. The molecule has 4 nitrogen and oxygen atoms in total. The number of nitrogens with one attached hydrogen (secondary N) is 2. The van der Waals surface area contributed by atoms with E-state index in [2.05, 4.69) is 10.6 Å². The first-order chi connectivity index (χ1) is 9.38. The summed E-state index contributed by atoms with van der Waals surface area (Å²) >= 11 is 11.6. The first-order valence-electron chi connectivity index (χ1n) is 6.24. The number of carbonyl (C=O) groups excluding carboxylic acids is 1. The minimum absolute atomic E-state index is 0.0575. The maximum Gasteiger partial charge on any atom is 0.237 e. The zero-order valence-electron chi connectivity index (χ0n) is 10.8. The van der Waals surface area contributed by atoms with E-state index in [1.807, 2.05) is 0 Å². The molecule has 0 spiro atoms. The second-order valence-corrected chi connectivity index (χ2v) is 5.68. The van der Waals surface area contributed by atoms with Crippen molar-refractivity contribution in [3.8, 4) is 0 Å². The van der Waals surface area contributed by atoms with Crippen molar-refractivity contribution in [2.45, 2.75) is 31.5 Å². The van der Waals surface area contributed by atoms with E-state index in [-0.39, 0.29) is 10.9 Å². The topological polar surface area (TPSA) is 61.4 Å². The van der Waals surface area contributed by atoms with Crippen LogP contribution in [0.25, 0.3) is 0 Å². The third kappa shape index (κ3) is 3.41. The van der Waals surface area contributed by atoms with Crippen LogP contribution in [0.1, 0.15) is 24.9 Å². The Balaban J connectivity index is 2.06. The Kier molecular flexibility index (Phi) is 4.86. The second-order valence-electron chi connectivity index (χ2n) is 4.87. The highest BCUT2D eigenvalue weighted by atomic mass is 35.5. The van der Waals surface area contributed by atoms with Crippen LogP contribution < -0.4 is 10.6 Å². The molecule has 1 heterocycles. The predicted octanol–water partition coefficient (Wildman–Crippen LogP) is 2.03. The second kappa shape index (κ2) is 6.26. The Morgan fingerprint density at radius 1 is 1.50 bits per heavy atom. The van der Waals surface area contributed by atoms with E-state index in [9.17, 15) is 14.3 Å². The van der Waals surface area contributed by atoms with Crippen molar-refractivity contribution in [1.29, 1.82) is 0 Å². The zero-order valence-corrected chi connectivity index (χ0v) is 12.3. The van der Waals surface area contributed by atoms with Crippen molar-refractivity contribution in [3.05, 3.63) is 33.6 Å². The van der Waals surface area contributed by atoms with E-state index in [4.69, 9.17) is 23.2 Å². The van der Waals surface area contributed by atoms with Crippen LogP contribution in [0.4, 0.5) is 4.39 Å². The normalized spacial score (nSPS) is 23.6. The van der Waals surface area contributed by atoms with Gasteiger partial charge in [-0.05, 0) is 31.0 Å². The molecule has 2 rings (SSSR count). The molecule has 7 heteroatoms. The van der Waals surface area contributed by atoms with Crippen LogP contribution in [0, 0.1) is 5.82 Å². The number of hydrogen-bond acceptors (Lipinski definition) is 3. The van der Waals surface area contributed by atoms with E-state index in [1.165, 1.54) is 12.1 Å². The summed E-state index contributed by atoms with van der Waals surface area (Å²) in [7, 11) is 0. The first kappa shape index (κ1) is 15.5. The number of aliphatic hydroxyl groups excluding tert-OH is 1. The van der Waals surface area contributed by atoms with E-state index in [0.717, 1.165) is 0 Å². The monoisotopic (exact) mass is 320 g/mol. The lowest BCUT2D eigenvalue weighted by Gasteiger charge is -2.19. The van der Waals surface area contributed by atoms with Gasteiger partial charge in [0.05, 0.1) is 23.2 Å². The molecule has 1 amide bonds. The molecule has 1 aliphatic rings. The molecule has 1 aromatic rings. The van der Waals surface area contributed by atoms with E-state index in [0.29, 0.717) is 23.6 Å². The fraction of sp³-hybridized carbons (Fsp3) is 0.462. The van der Waals surface area contributed by atoms with Crippen molar-refractivity contribution < 1.29 is 14.3 Å². The van der Waals surface area contributed by atoms with Crippen molar-refractivity contribution in [3.63, 3.8) is 0 Å². The summed E-state index contributed by atoms with van der Waals surface area (Å²) in [5, 5.41) is 15.3. The van der Waals surface area contributed by atoms with Gasteiger partial charge in [-0.3, -0.25) is 4.79 Å². The van der Waals surface area contributed by atoms with Gasteiger partial charge >= 0.3 is 0 Å². The Hall–Kier alpha value is -0.880. The molecule has 1 saturated heterocycles. The highest BCUT2D eigenvalue weighted by molar-refractivity contribution is 6.35. The lowest BCUT2D eigenvalue weighted by Crippen LogP contribution is -2.41. The van der Waals surface area contributed by atoms with Gasteiger partial charge in [0.2, 0.25) is 5.91 Å². The quantitative estimate of drug-likeness (QED) is 0.747. The summed E-state index contributed by atoms with van der Waals surface area (Å²) in [6.07, 6.45) is -0.154. The van der Waals surface area contributed by atoms with Crippen LogP contribution >= 0.6 is 23.2 Å². The molecule has 3 atom stereocenters. The summed E-state index contributed by atoms with van der Waals surface area (Å²) < 4.78 is 13.5. The third-order valence-corrected chi connectivity index (χ3v) is 3.91. The van der Waals surface area contributed by atoms with Gasteiger partial charge in [-0.1, -0.05) is 23.2 Å². The largest absolute Gasteiger partial charge is 0.392 e. The van der Waals surface area contributed by atoms with Gasteiger partial charge < -0.3 is 15.7 Å². The average molecular weight is 321 g/mol. The van der Waals surface area contributed by atoms with E-state index >= 15 is 0 Å². The van der Waals surface area contributed by atoms with E-state index < -0.39 is 24.0 Å². The first-order valence-corrected chi connectivity index (χ1v) is 7.00. The SMILES string of the molecule is C[C@H](NC(=O)[C@@H]1C[C@@H](O)CN1)c1cc(F)c(Cl)cc1Cl. The molecule has 110 valence electrons. The van der Waals surface area contributed by atoms with Crippen molar-refractivity contribution in [1.82, 2.24) is 10.6 Å². The van der Waals surface area contributed by atoms with Gasteiger partial charge in [-0.2, -0.15) is 0 Å². The minimum atomic E-state index is -0.582. The Morgan fingerprint density at radius 3 is 2.80 bits per heavy atom. The molecule has 0 saturated carbocycles. The fourth-order valence-electron chi connectivity index (χ4n) is 2.18. The van der Waals surface area contributed by atoms with Gasteiger partial charge in [-0.15, -0.1) is 0 Å². The van der Waals surface area contributed by atoms with Crippen LogP contribution in [0.15, 0.2) is 12.1 Å². The van der Waals surface area contributed by atoms with Crippen LogP contribution in [0.3, 0.4) is 0 Å². The number of benzene rings is 1. The number of hydrogen-bond donors (Lipinski definition) is 3. The van der Waals surface area contributed by atoms with Crippen LogP contribution in [-0.4, -0.2) is 29.7 Å². The van der Waals surface area contributed by atoms with E-state index in [1.54, 1.807) is 6.92 Å². The van der Waals surface area contributed by atoms with Gasteiger partial charge in [0.1, 0.15) is 5.82 Å². The Bertz CT molecular complexity index is 527. The number of β-amino-alcohol motifs (C(OH)–C–C–N with tert-alkyl or cyclic N) is 1. The molecular weight excluding hydrogens is 306 g/mol. The smallest absolute Gasteiger partial charge is 0.237 e. The maximum absolute atomic E-state index is 13.5. The highest BCUT2D eigenvalue weighted by Gasteiger charge is 2.29. The third-order valence-electron chi connectivity index (χ3n) is 3.29. The number of carbonyl (C=O) groups is 1. The molecular formula is C13H15Cl2FN2O2. The molecule has 0 aliphatic carbocycles. The molecule has 1 aliphatic heterocycles. The fourth-order valence-corrected chi connectivity index (χ4v) is 2.73. The summed E-state index contributed by atoms with van der Waals surface area (Å²) in [5.74, 6) is -0.831. The number of halogens is 3. The molecule has 1 fully saturated rings. The average Bonchev–Trinajstić information content (AvgIpc) is 2.80. The number of aliphatic hydroxyl groups is 1. The lowest BCUT2D eigenvalue weighted by atomic mass is 10.1. The van der Waals surface area contributed by atoms with Crippen molar-refractivity contribution >= 4 is 29.1 Å². The Morgan fingerprint density at radius 2 is 2.20 bits per heavy atom. The number of rotatable bonds is 3. The minimum Gasteiger partial charge on any atom is -0.392 e. The summed E-state index contributed by atoms with van der Waals surface area (Å²) in [6, 6.07) is 1.63. The van der Waals surface area contributed by atoms with Gasteiger partial charge in [0.15, 0.2) is 0 Å². The summed E-state index contributed by atoms with van der Waals surface area (Å²) in [4.78, 5) is 12.0. The Labute approximate surface area is 126 Å². The van der Waals surface area contributed by atoms with Gasteiger partial charge in [0.25, 0.3) is 0 Å². The molecule has 20 heavy (non-hydrogen) atoms. The summed E-state index contributed by atoms with van der Waals surface area (Å²) in [5.41, 5.74) is 0.459. The highest BCUT2D eigenvalue weighted by Crippen LogP contribution is 2.28. The van der Waals surface area contributed by atoms with Crippen LogP contribution in [-0.2, 0) is 4.79 Å². The molecule has 0 bridgehead atoms. The number of amides is 1. The van der Waals surface area contributed by atoms with Crippen molar-refractivity contribution in [2.75, 3.05) is 6.54 Å². The zero-order chi connectivity index (χ0) is 14.9. The molecule has 1 aromatic carbocycles. The van der Waals surface area contributed by atoms with Gasteiger partial charge in [-0.25, -0.2) is 4.39 Å². The lowest BCUT2D eigenvalue weighted by molar-refractivity contribution is -0.123.